The molecule has 7 heteroatoms. The van der Waals surface area contributed by atoms with Crippen molar-refractivity contribution in [3.8, 4) is 17.2 Å². The van der Waals surface area contributed by atoms with Crippen LogP contribution in [-0.2, 0) is 0 Å². The van der Waals surface area contributed by atoms with Crippen LogP contribution in [0.1, 0.15) is 6.92 Å². The van der Waals surface area contributed by atoms with Crippen molar-refractivity contribution in [2.24, 2.45) is 5.73 Å². The van der Waals surface area contributed by atoms with E-state index in [1.54, 1.807) is 43.3 Å². The van der Waals surface area contributed by atoms with Crippen LogP contribution in [0.2, 0.25) is 15.1 Å². The van der Waals surface area contributed by atoms with Gasteiger partial charge in [-0.05, 0) is 37.3 Å². The van der Waals surface area contributed by atoms with Crippen LogP contribution in [0.4, 0.5) is 0 Å². The molecule has 2 aromatic rings. The third-order valence-electron chi connectivity index (χ3n) is 2.73. The largest absolute Gasteiger partial charge is 0.482 e. The van der Waals surface area contributed by atoms with Crippen molar-refractivity contribution in [2.75, 3.05) is 0 Å². The Labute approximate surface area is 148 Å². The minimum Gasteiger partial charge on any atom is -0.482 e. The first-order valence-corrected chi connectivity index (χ1v) is 7.79. The lowest BCUT2D eigenvalue weighted by Crippen LogP contribution is -2.28. The van der Waals surface area contributed by atoms with Crippen LogP contribution in [0.3, 0.4) is 0 Å². The number of benzene rings is 2. The van der Waals surface area contributed by atoms with Gasteiger partial charge in [0, 0.05) is 11.1 Å². The molecule has 0 radical (unpaired) electrons. The molecule has 3 nitrogen and oxygen atoms in total. The summed E-state index contributed by atoms with van der Waals surface area (Å²) in [6.07, 6.45) is -0.443. The molecule has 1 atom stereocenters. The molecule has 0 spiro atoms. The normalized spacial score (nSPS) is 11.8. The molecule has 2 N–H and O–H groups in total. The highest BCUT2D eigenvalue weighted by Crippen LogP contribution is 2.35. The Morgan fingerprint density at radius 2 is 1.77 bits per heavy atom. The molecule has 2 rings (SSSR count). The van der Waals surface area contributed by atoms with E-state index >= 15 is 0 Å². The van der Waals surface area contributed by atoms with Gasteiger partial charge in [0.15, 0.2) is 0 Å². The van der Waals surface area contributed by atoms with Gasteiger partial charge >= 0.3 is 0 Å². The Bertz CT molecular complexity index is 709. The van der Waals surface area contributed by atoms with Crippen LogP contribution < -0.4 is 15.2 Å². The quantitative estimate of drug-likeness (QED) is 0.700. The summed E-state index contributed by atoms with van der Waals surface area (Å²) in [6, 6.07) is 9.96. The summed E-state index contributed by atoms with van der Waals surface area (Å²) >= 11 is 22.9. The first kappa shape index (κ1) is 17.2. The molecule has 0 amide bonds. The van der Waals surface area contributed by atoms with Crippen LogP contribution in [0, 0.1) is 0 Å². The van der Waals surface area contributed by atoms with Gasteiger partial charge in [-0.3, -0.25) is 0 Å². The zero-order chi connectivity index (χ0) is 16.3. The average Bonchev–Trinajstić information content (AvgIpc) is 2.45. The van der Waals surface area contributed by atoms with Crippen molar-refractivity contribution < 1.29 is 9.47 Å². The lowest BCUT2D eigenvalue weighted by atomic mass is 10.3. The topological polar surface area (TPSA) is 44.5 Å². The van der Waals surface area contributed by atoms with Crippen molar-refractivity contribution in [2.45, 2.75) is 13.0 Å². The maximum atomic E-state index is 6.09. The molecule has 2 aromatic carbocycles. The van der Waals surface area contributed by atoms with Gasteiger partial charge in [-0.15, -0.1) is 0 Å². The van der Waals surface area contributed by atoms with Crippen molar-refractivity contribution >= 4 is 52.0 Å². The number of thiocarbonyl (C=S) groups is 1. The number of halogens is 3. The van der Waals surface area contributed by atoms with E-state index in [9.17, 15) is 0 Å². The molecule has 0 aliphatic rings. The summed E-state index contributed by atoms with van der Waals surface area (Å²) in [6.45, 7) is 1.74. The molecule has 0 aromatic heterocycles. The van der Waals surface area contributed by atoms with Gasteiger partial charge in [-0.1, -0.05) is 47.0 Å². The Morgan fingerprint density at radius 1 is 1.05 bits per heavy atom. The molecule has 0 fully saturated rings. The average molecular weight is 377 g/mol. The fourth-order valence-electron chi connectivity index (χ4n) is 1.57. The maximum Gasteiger partial charge on any atom is 0.146 e. The van der Waals surface area contributed by atoms with Gasteiger partial charge in [0.05, 0.1) is 10.0 Å². The van der Waals surface area contributed by atoms with Crippen LogP contribution in [0.5, 0.6) is 17.2 Å². The highest BCUT2D eigenvalue weighted by molar-refractivity contribution is 7.80. The summed E-state index contributed by atoms with van der Waals surface area (Å²) in [7, 11) is 0. The molecular formula is C15H12Cl3NO2S. The molecular weight excluding hydrogens is 365 g/mol. The molecule has 0 aliphatic heterocycles. The lowest BCUT2D eigenvalue weighted by molar-refractivity contribution is 0.287. The second-order valence-corrected chi connectivity index (χ2v) is 6.15. The fraction of sp³-hybridized carbons (Fsp3) is 0.133. The van der Waals surface area contributed by atoms with Gasteiger partial charge in [0.25, 0.3) is 0 Å². The van der Waals surface area contributed by atoms with Crippen molar-refractivity contribution in [1.82, 2.24) is 0 Å². The van der Waals surface area contributed by atoms with Crippen LogP contribution in [-0.4, -0.2) is 11.1 Å². The molecule has 116 valence electrons. The summed E-state index contributed by atoms with van der Waals surface area (Å²) in [4.78, 5) is 0.239. The van der Waals surface area contributed by atoms with E-state index in [4.69, 9.17) is 62.2 Å². The fourth-order valence-corrected chi connectivity index (χ4v) is 2.23. The Morgan fingerprint density at radius 3 is 2.41 bits per heavy atom. The van der Waals surface area contributed by atoms with Crippen molar-refractivity contribution in [3.05, 3.63) is 51.5 Å². The molecule has 0 saturated heterocycles. The highest BCUT2D eigenvalue weighted by Gasteiger charge is 2.12. The van der Waals surface area contributed by atoms with Crippen LogP contribution in [0.15, 0.2) is 36.4 Å². The summed E-state index contributed by atoms with van der Waals surface area (Å²) in [5.74, 6) is 1.41. The SMILES string of the molecule is CC(Oc1cc(Oc2ccc(Cl)cc2Cl)ccc1Cl)C(N)=S. The predicted octanol–water partition coefficient (Wildman–Crippen LogP) is 5.49. The van der Waals surface area contributed by atoms with E-state index < -0.39 is 6.10 Å². The van der Waals surface area contributed by atoms with Gasteiger partial charge in [-0.25, -0.2) is 0 Å². The Kier molecular flexibility index (Phi) is 5.75. The van der Waals surface area contributed by atoms with E-state index in [0.29, 0.717) is 32.3 Å². The van der Waals surface area contributed by atoms with E-state index in [1.807, 2.05) is 0 Å². The van der Waals surface area contributed by atoms with E-state index in [-0.39, 0.29) is 4.99 Å². The molecule has 0 bridgehead atoms. The summed E-state index contributed by atoms with van der Waals surface area (Å²) < 4.78 is 11.3. The Hall–Kier alpha value is -1.20. The predicted molar refractivity (Wildman–Crippen MR) is 94.9 cm³/mol. The summed E-state index contributed by atoms with van der Waals surface area (Å²) in [5, 5.41) is 1.36. The highest BCUT2D eigenvalue weighted by atomic mass is 35.5. The standard InChI is InChI=1S/C15H12Cl3NO2S/c1-8(15(19)22)20-14-7-10(3-4-11(14)17)21-13-5-2-9(16)6-12(13)18/h2-8H,1H3,(H2,19,22). The van der Waals surface area contributed by atoms with Crippen molar-refractivity contribution in [3.63, 3.8) is 0 Å². The van der Waals surface area contributed by atoms with Gasteiger partial charge in [0.1, 0.15) is 28.3 Å². The zero-order valence-corrected chi connectivity index (χ0v) is 14.6. The third kappa shape index (κ3) is 4.40. The minimum atomic E-state index is -0.443. The zero-order valence-electron chi connectivity index (χ0n) is 11.5. The van der Waals surface area contributed by atoms with E-state index in [2.05, 4.69) is 0 Å². The monoisotopic (exact) mass is 375 g/mol. The second kappa shape index (κ2) is 7.38. The molecule has 0 aliphatic carbocycles. The van der Waals surface area contributed by atoms with Gasteiger partial charge < -0.3 is 15.2 Å². The maximum absolute atomic E-state index is 6.09. The molecule has 22 heavy (non-hydrogen) atoms. The lowest BCUT2D eigenvalue weighted by Gasteiger charge is -2.15. The number of nitrogens with two attached hydrogens (primary N) is 1. The van der Waals surface area contributed by atoms with Crippen LogP contribution in [0.25, 0.3) is 0 Å². The summed E-state index contributed by atoms with van der Waals surface area (Å²) in [5.41, 5.74) is 5.53. The smallest absolute Gasteiger partial charge is 0.146 e. The first-order chi connectivity index (χ1) is 10.4. The molecule has 0 heterocycles. The van der Waals surface area contributed by atoms with E-state index in [1.165, 1.54) is 0 Å². The number of hydrogen-bond acceptors (Lipinski definition) is 3. The number of hydrogen-bond donors (Lipinski definition) is 1. The second-order valence-electron chi connectivity index (χ2n) is 4.43. The van der Waals surface area contributed by atoms with Gasteiger partial charge in [0.2, 0.25) is 0 Å². The molecule has 0 saturated carbocycles. The van der Waals surface area contributed by atoms with Gasteiger partial charge in [-0.2, -0.15) is 0 Å². The first-order valence-electron chi connectivity index (χ1n) is 6.25. The Balaban J connectivity index is 2.23. The third-order valence-corrected chi connectivity index (χ3v) is 3.90. The van der Waals surface area contributed by atoms with E-state index in [0.717, 1.165) is 0 Å². The number of rotatable bonds is 5. The number of ether oxygens (including phenoxy) is 2. The minimum absolute atomic E-state index is 0.239. The molecule has 1 unspecified atom stereocenters. The van der Waals surface area contributed by atoms with Crippen molar-refractivity contribution in [1.29, 1.82) is 0 Å². The van der Waals surface area contributed by atoms with Crippen LogP contribution >= 0.6 is 47.0 Å².